The van der Waals surface area contributed by atoms with Crippen molar-refractivity contribution in [3.05, 3.63) is 0 Å². The number of hydrogen-bond acceptors (Lipinski definition) is 6. The van der Waals surface area contributed by atoms with E-state index in [1.165, 1.54) is 0 Å². The van der Waals surface area contributed by atoms with Gasteiger partial charge >= 0.3 is 0 Å². The molecule has 0 heterocycles. The van der Waals surface area contributed by atoms with Gasteiger partial charge in [-0.05, 0) is 89.9 Å². The molecule has 0 aliphatic heterocycles. The molecule has 3 aliphatic carbocycles. The number of amides is 5. The standard InChI is InChI=1S/C41H74N8O6/c1-27(12-9-21-42)24-37(51)48-35-19-7-4-16-32(35)40(54)46-30(14-11-23-44)26-39(53)49-36-20-8-5-17-33(36)41(55)45-29(13-10-22-43)25-38(52)47-34-18-6-3-15-31(34)28(2)50/h27,29-36H,3-26,42-44H2,1-2H3,(H,45,55)(H,46,54)(H,47,52)(H,48,51)(H,49,53)/p+3. The van der Waals surface area contributed by atoms with E-state index in [1.807, 2.05) is 0 Å². The molecule has 9 atom stereocenters. The predicted octanol–water partition coefficient (Wildman–Crippen LogP) is 0.443. The van der Waals surface area contributed by atoms with Gasteiger partial charge < -0.3 is 43.8 Å². The molecule has 0 saturated heterocycles. The van der Waals surface area contributed by atoms with Gasteiger partial charge in [-0.1, -0.05) is 45.4 Å². The Kier molecular flexibility index (Phi) is 21.2. The van der Waals surface area contributed by atoms with Gasteiger partial charge in [0, 0.05) is 55.4 Å². The van der Waals surface area contributed by atoms with Gasteiger partial charge in [0.2, 0.25) is 29.5 Å². The molecule has 55 heavy (non-hydrogen) atoms. The number of carbonyl (C=O) groups is 6. The first-order chi connectivity index (χ1) is 26.4. The molecular weight excluding hydrogens is 701 g/mol. The predicted molar refractivity (Wildman–Crippen MR) is 210 cm³/mol. The SMILES string of the molecule is CC(=O)C1CCCCC1NC(=O)CC(CCC[NH3+])NC(=O)C1CCCCC1NC(=O)CC(CCC[NH3+])NC(=O)C1CCCCC1NC(=O)CC(C)CCC[NH3+]. The second-order valence-corrected chi connectivity index (χ2v) is 16.9. The van der Waals surface area contributed by atoms with Gasteiger partial charge in [-0.15, -0.1) is 0 Å². The normalized spacial score (nSPS) is 25.8. The molecular formula is C41H77N8O6+3. The van der Waals surface area contributed by atoms with E-state index in [2.05, 4.69) is 50.7 Å². The fourth-order valence-electron chi connectivity index (χ4n) is 9.03. The molecule has 314 valence electrons. The van der Waals surface area contributed by atoms with Crippen LogP contribution in [-0.4, -0.2) is 85.2 Å². The Morgan fingerprint density at radius 3 is 1.25 bits per heavy atom. The van der Waals surface area contributed by atoms with Crippen LogP contribution in [0.15, 0.2) is 0 Å². The summed E-state index contributed by atoms with van der Waals surface area (Å²) in [5.74, 6) is -1.22. The van der Waals surface area contributed by atoms with Gasteiger partial charge in [0.15, 0.2) is 0 Å². The summed E-state index contributed by atoms with van der Waals surface area (Å²) in [6.07, 6.45) is 15.3. The highest BCUT2D eigenvalue weighted by atomic mass is 16.2. The first-order valence-corrected chi connectivity index (χ1v) is 21.8. The van der Waals surface area contributed by atoms with Crippen LogP contribution >= 0.6 is 0 Å². The van der Waals surface area contributed by atoms with Crippen molar-refractivity contribution in [2.75, 3.05) is 19.6 Å². The lowest BCUT2D eigenvalue weighted by atomic mass is 9.82. The average molecular weight is 778 g/mol. The van der Waals surface area contributed by atoms with Gasteiger partial charge in [-0.25, -0.2) is 0 Å². The van der Waals surface area contributed by atoms with Crippen molar-refractivity contribution >= 4 is 35.3 Å². The Balaban J connectivity index is 1.59. The van der Waals surface area contributed by atoms with Crippen LogP contribution in [0, 0.1) is 23.7 Å². The quantitative estimate of drug-likeness (QED) is 0.0732. The fourth-order valence-corrected chi connectivity index (χ4v) is 9.03. The van der Waals surface area contributed by atoms with Crippen LogP contribution < -0.4 is 43.8 Å². The van der Waals surface area contributed by atoms with Crippen LogP contribution in [0.5, 0.6) is 0 Å². The van der Waals surface area contributed by atoms with Crippen molar-refractivity contribution in [1.29, 1.82) is 0 Å². The number of hydrogen-bond donors (Lipinski definition) is 8. The Morgan fingerprint density at radius 1 is 0.509 bits per heavy atom. The second-order valence-electron chi connectivity index (χ2n) is 16.9. The summed E-state index contributed by atoms with van der Waals surface area (Å²) in [6, 6.07) is -1.49. The van der Waals surface area contributed by atoms with Crippen molar-refractivity contribution in [2.24, 2.45) is 23.7 Å². The lowest BCUT2D eigenvalue weighted by Crippen LogP contribution is -2.54. The number of carbonyl (C=O) groups excluding carboxylic acids is 6. The van der Waals surface area contributed by atoms with Crippen molar-refractivity contribution in [3.63, 3.8) is 0 Å². The summed E-state index contributed by atoms with van der Waals surface area (Å²) in [7, 11) is 0. The number of ketones is 1. The van der Waals surface area contributed by atoms with E-state index in [9.17, 15) is 28.8 Å². The number of rotatable bonds is 23. The summed E-state index contributed by atoms with van der Waals surface area (Å²) in [5.41, 5.74) is 11.8. The Bertz CT molecular complexity index is 1240. The fraction of sp³-hybridized carbons (Fsp3) is 0.854. The zero-order chi connectivity index (χ0) is 40.2. The monoisotopic (exact) mass is 778 g/mol. The molecule has 0 bridgehead atoms. The highest BCUT2D eigenvalue weighted by Gasteiger charge is 2.36. The number of quaternary nitrogens is 3. The summed E-state index contributed by atoms with van der Waals surface area (Å²) in [5, 5.41) is 15.7. The third kappa shape index (κ3) is 16.5. The molecule has 5 amide bonds. The van der Waals surface area contributed by atoms with Crippen LogP contribution in [0.3, 0.4) is 0 Å². The van der Waals surface area contributed by atoms with E-state index in [4.69, 9.17) is 0 Å². The topological polar surface area (TPSA) is 245 Å². The molecule has 0 spiro atoms. The van der Waals surface area contributed by atoms with E-state index in [-0.39, 0.29) is 96.1 Å². The van der Waals surface area contributed by atoms with Gasteiger partial charge in [0.25, 0.3) is 0 Å². The van der Waals surface area contributed by atoms with Gasteiger partial charge in [-0.3, -0.25) is 28.8 Å². The van der Waals surface area contributed by atoms with Crippen molar-refractivity contribution < 1.29 is 46.0 Å². The van der Waals surface area contributed by atoms with E-state index in [1.54, 1.807) is 6.92 Å². The zero-order valence-corrected chi connectivity index (χ0v) is 34.2. The second kappa shape index (κ2) is 25.2. The van der Waals surface area contributed by atoms with Crippen LogP contribution in [0.2, 0.25) is 0 Å². The highest BCUT2D eigenvalue weighted by Crippen LogP contribution is 2.28. The van der Waals surface area contributed by atoms with Gasteiger partial charge in [0.05, 0.1) is 31.5 Å². The molecule has 9 unspecified atom stereocenters. The molecule has 3 aliphatic rings. The molecule has 14 N–H and O–H groups in total. The average Bonchev–Trinajstić information content (AvgIpc) is 3.15. The molecule has 3 saturated carbocycles. The molecule has 0 aromatic rings. The van der Waals surface area contributed by atoms with Crippen LogP contribution in [0.1, 0.15) is 149 Å². The van der Waals surface area contributed by atoms with Gasteiger partial charge in [-0.2, -0.15) is 0 Å². The Labute approximate surface area is 329 Å². The minimum Gasteiger partial charge on any atom is -0.358 e. The van der Waals surface area contributed by atoms with Gasteiger partial charge in [0.1, 0.15) is 5.78 Å². The van der Waals surface area contributed by atoms with Crippen LogP contribution in [0.4, 0.5) is 0 Å². The number of Topliss-reactive ketones (excluding diaryl/α,β-unsaturated/α-hetero) is 1. The van der Waals surface area contributed by atoms with E-state index < -0.39 is 5.92 Å². The molecule has 3 rings (SSSR count). The molecule has 14 nitrogen and oxygen atoms in total. The third-order valence-electron chi connectivity index (χ3n) is 12.2. The lowest BCUT2D eigenvalue weighted by Gasteiger charge is -2.34. The Hall–Kier alpha value is -3.10. The van der Waals surface area contributed by atoms with Crippen LogP contribution in [-0.2, 0) is 28.8 Å². The molecule has 14 heteroatoms. The third-order valence-corrected chi connectivity index (χ3v) is 12.2. The molecule has 0 aromatic heterocycles. The minimum absolute atomic E-state index is 0.0143. The maximum absolute atomic E-state index is 13.8. The zero-order valence-electron chi connectivity index (χ0n) is 34.2. The first kappa shape index (κ1) is 46.3. The molecule has 3 fully saturated rings. The minimum atomic E-state index is -0.427. The summed E-state index contributed by atoms with van der Waals surface area (Å²) in [4.78, 5) is 79.5. The van der Waals surface area contributed by atoms with Crippen LogP contribution in [0.25, 0.3) is 0 Å². The maximum atomic E-state index is 13.8. The van der Waals surface area contributed by atoms with Crippen molar-refractivity contribution in [1.82, 2.24) is 26.6 Å². The Morgan fingerprint density at radius 2 is 0.855 bits per heavy atom. The maximum Gasteiger partial charge on any atom is 0.225 e. The summed E-state index contributed by atoms with van der Waals surface area (Å²) < 4.78 is 0. The smallest absolute Gasteiger partial charge is 0.225 e. The van der Waals surface area contributed by atoms with Crippen molar-refractivity contribution in [3.8, 4) is 0 Å². The van der Waals surface area contributed by atoms with E-state index >= 15 is 0 Å². The first-order valence-electron chi connectivity index (χ1n) is 21.8. The van der Waals surface area contributed by atoms with E-state index in [0.717, 1.165) is 90.0 Å². The molecule has 0 radical (unpaired) electrons. The highest BCUT2D eigenvalue weighted by molar-refractivity contribution is 5.85. The molecule has 0 aromatic carbocycles. The largest absolute Gasteiger partial charge is 0.358 e. The van der Waals surface area contributed by atoms with E-state index in [0.29, 0.717) is 51.6 Å². The summed E-state index contributed by atoms with van der Waals surface area (Å²) in [6.45, 7) is 5.89. The lowest BCUT2D eigenvalue weighted by molar-refractivity contribution is -0.369. The van der Waals surface area contributed by atoms with Crippen molar-refractivity contribution in [2.45, 2.75) is 179 Å². The summed E-state index contributed by atoms with van der Waals surface area (Å²) >= 11 is 0. The number of nitrogens with one attached hydrogen (secondary N) is 5.